The molecule has 0 amide bonds. The van der Waals surface area contributed by atoms with E-state index >= 15 is 0 Å². The van der Waals surface area contributed by atoms with Crippen molar-refractivity contribution in [1.82, 2.24) is 0 Å². The molecule has 2 aliphatic rings. The lowest BCUT2D eigenvalue weighted by Crippen LogP contribution is -2.41. The molecule has 0 radical (unpaired) electrons. The second-order valence-corrected chi connectivity index (χ2v) is 6.40. The quantitative estimate of drug-likeness (QED) is 0.891. The Morgan fingerprint density at radius 3 is 2.70 bits per heavy atom. The molecule has 23 heavy (non-hydrogen) atoms. The highest BCUT2D eigenvalue weighted by Gasteiger charge is 2.56. The second kappa shape index (κ2) is 6.37. The normalized spacial score (nSPS) is 33.4. The number of methoxy groups -OCH3 is 1. The summed E-state index contributed by atoms with van der Waals surface area (Å²) >= 11 is 0. The second-order valence-electron chi connectivity index (χ2n) is 6.40. The minimum absolute atomic E-state index is 0.342. The van der Waals surface area contributed by atoms with Gasteiger partial charge in [0.05, 0.1) is 19.8 Å². The molecule has 1 aromatic carbocycles. The van der Waals surface area contributed by atoms with Crippen LogP contribution in [-0.4, -0.2) is 48.7 Å². The van der Waals surface area contributed by atoms with Crippen molar-refractivity contribution in [3.63, 3.8) is 0 Å². The Balaban J connectivity index is 1.73. The van der Waals surface area contributed by atoms with Gasteiger partial charge in [0.15, 0.2) is 12.1 Å². The molecule has 1 aromatic rings. The Morgan fingerprint density at radius 1 is 1.26 bits per heavy atom. The third-order valence-corrected chi connectivity index (χ3v) is 4.13. The van der Waals surface area contributed by atoms with Crippen LogP contribution in [0.25, 0.3) is 0 Å². The molecule has 0 saturated carbocycles. The van der Waals surface area contributed by atoms with E-state index in [-0.39, 0.29) is 6.10 Å². The molecule has 0 bridgehead atoms. The molecule has 0 spiro atoms. The van der Waals surface area contributed by atoms with Crippen molar-refractivity contribution >= 4 is 0 Å². The summed E-state index contributed by atoms with van der Waals surface area (Å²) in [6.45, 7) is 5.69. The average Bonchev–Trinajstić information content (AvgIpc) is 2.97. The zero-order chi connectivity index (χ0) is 16.6. The largest absolute Gasteiger partial charge is 0.496 e. The lowest BCUT2D eigenvalue weighted by molar-refractivity contribution is -0.229. The maximum Gasteiger partial charge on any atom is 0.190 e. The number of para-hydroxylation sites is 1. The number of fused-ring (bicyclic) bond motifs is 1. The molecule has 0 aromatic heterocycles. The minimum atomic E-state index is -0.717. The smallest absolute Gasteiger partial charge is 0.190 e. The molecule has 6 nitrogen and oxygen atoms in total. The van der Waals surface area contributed by atoms with E-state index in [0.717, 1.165) is 11.3 Å². The van der Waals surface area contributed by atoms with Crippen LogP contribution < -0.4 is 4.74 Å². The van der Waals surface area contributed by atoms with Gasteiger partial charge in [0, 0.05) is 5.56 Å². The van der Waals surface area contributed by atoms with Crippen LogP contribution in [0.4, 0.5) is 0 Å². The Hall–Kier alpha value is -1.18. The van der Waals surface area contributed by atoms with E-state index in [1.54, 1.807) is 14.0 Å². The summed E-state index contributed by atoms with van der Waals surface area (Å²) in [6.07, 6.45) is -2.47. The Labute approximate surface area is 136 Å². The maximum absolute atomic E-state index is 9.96. The Morgan fingerprint density at radius 2 is 2.00 bits per heavy atom. The molecule has 128 valence electrons. The molecule has 2 fully saturated rings. The van der Waals surface area contributed by atoms with Crippen LogP contribution in [0.1, 0.15) is 26.3 Å². The number of ether oxygens (including phenoxy) is 5. The fourth-order valence-corrected chi connectivity index (χ4v) is 3.09. The van der Waals surface area contributed by atoms with Gasteiger partial charge in [-0.25, -0.2) is 0 Å². The van der Waals surface area contributed by atoms with E-state index in [1.165, 1.54) is 0 Å². The van der Waals surface area contributed by atoms with Gasteiger partial charge in [0.2, 0.25) is 0 Å². The van der Waals surface area contributed by atoms with Crippen molar-refractivity contribution in [2.24, 2.45) is 0 Å². The average molecular weight is 324 g/mol. The summed E-state index contributed by atoms with van der Waals surface area (Å²) in [4.78, 5) is 0. The predicted octanol–water partition coefficient (Wildman–Crippen LogP) is 1.84. The van der Waals surface area contributed by atoms with Gasteiger partial charge < -0.3 is 28.8 Å². The first kappa shape index (κ1) is 16.7. The van der Waals surface area contributed by atoms with E-state index in [1.807, 2.05) is 38.1 Å². The lowest BCUT2D eigenvalue weighted by atomic mass is 10.1. The molecule has 0 unspecified atom stereocenters. The molecule has 0 aliphatic carbocycles. The highest BCUT2D eigenvalue weighted by Crippen LogP contribution is 2.40. The van der Waals surface area contributed by atoms with Gasteiger partial charge in [-0.2, -0.15) is 0 Å². The molecule has 2 aliphatic heterocycles. The molecule has 6 heteroatoms. The van der Waals surface area contributed by atoms with E-state index in [9.17, 15) is 5.11 Å². The van der Waals surface area contributed by atoms with Crippen LogP contribution in [0.3, 0.4) is 0 Å². The van der Waals surface area contributed by atoms with Crippen molar-refractivity contribution in [2.75, 3.05) is 7.11 Å². The first-order chi connectivity index (χ1) is 10.9. The summed E-state index contributed by atoms with van der Waals surface area (Å²) in [5.74, 6) is 0.0471. The molecule has 3 rings (SSSR count). The van der Waals surface area contributed by atoms with Crippen LogP contribution in [0.5, 0.6) is 5.75 Å². The van der Waals surface area contributed by atoms with Gasteiger partial charge in [-0.1, -0.05) is 18.2 Å². The van der Waals surface area contributed by atoms with Crippen LogP contribution in [0, 0.1) is 0 Å². The zero-order valence-electron chi connectivity index (χ0n) is 13.9. The van der Waals surface area contributed by atoms with Crippen molar-refractivity contribution in [1.29, 1.82) is 0 Å². The first-order valence-corrected chi connectivity index (χ1v) is 7.84. The molecule has 1 N–H and O–H groups in total. The highest BCUT2D eigenvalue weighted by molar-refractivity contribution is 5.32. The van der Waals surface area contributed by atoms with E-state index in [4.69, 9.17) is 23.7 Å². The first-order valence-electron chi connectivity index (χ1n) is 7.84. The van der Waals surface area contributed by atoms with Gasteiger partial charge in [-0.3, -0.25) is 0 Å². The Bertz CT molecular complexity index is 544. The Kier molecular flexibility index (Phi) is 4.62. The van der Waals surface area contributed by atoms with Crippen molar-refractivity contribution in [3.8, 4) is 5.75 Å². The molecular formula is C17H24O6. The molecular weight excluding hydrogens is 300 g/mol. The third-order valence-electron chi connectivity index (χ3n) is 4.13. The van der Waals surface area contributed by atoms with Crippen LogP contribution in [-0.2, 0) is 25.6 Å². The number of hydrogen-bond acceptors (Lipinski definition) is 6. The molecule has 2 heterocycles. The number of aliphatic hydroxyl groups excluding tert-OH is 1. The van der Waals surface area contributed by atoms with Crippen molar-refractivity contribution in [3.05, 3.63) is 29.8 Å². The predicted molar refractivity (Wildman–Crippen MR) is 81.9 cm³/mol. The van der Waals surface area contributed by atoms with Gasteiger partial charge in [0.1, 0.15) is 24.1 Å². The molecule has 2 saturated heterocycles. The maximum atomic E-state index is 9.96. The van der Waals surface area contributed by atoms with E-state index in [2.05, 4.69) is 0 Å². The standard InChI is InChI=1S/C17H24O6/c1-10(18)13-14(15-16(21-13)23-17(2,3)22-15)20-9-11-7-5-6-8-12(11)19-4/h5-8,10,13-16,18H,9H2,1-4H3/t10-,13-,14+,15-,16-/m1/s1. The van der Waals surface area contributed by atoms with E-state index in [0.29, 0.717) is 6.61 Å². The lowest BCUT2D eigenvalue weighted by Gasteiger charge is -2.27. The SMILES string of the molecule is COc1ccccc1CO[C@@H]1[C@H]2OC(C)(C)O[C@H]2O[C@@H]1[C@@H](C)O. The number of hydrogen-bond donors (Lipinski definition) is 1. The van der Waals surface area contributed by atoms with Gasteiger partial charge in [-0.15, -0.1) is 0 Å². The minimum Gasteiger partial charge on any atom is -0.496 e. The third kappa shape index (κ3) is 3.36. The number of aliphatic hydroxyl groups is 1. The summed E-state index contributed by atoms with van der Waals surface area (Å²) in [5, 5.41) is 9.96. The fraction of sp³-hybridized carbons (Fsp3) is 0.647. The summed E-state index contributed by atoms with van der Waals surface area (Å²) in [7, 11) is 1.63. The fourth-order valence-electron chi connectivity index (χ4n) is 3.09. The highest BCUT2D eigenvalue weighted by atomic mass is 16.8. The van der Waals surface area contributed by atoms with E-state index < -0.39 is 30.4 Å². The van der Waals surface area contributed by atoms with Crippen LogP contribution >= 0.6 is 0 Å². The monoisotopic (exact) mass is 324 g/mol. The summed E-state index contributed by atoms with van der Waals surface area (Å²) < 4.78 is 28.8. The number of benzene rings is 1. The van der Waals surface area contributed by atoms with Crippen molar-refractivity contribution in [2.45, 2.75) is 63.9 Å². The van der Waals surface area contributed by atoms with Gasteiger partial charge in [-0.05, 0) is 26.8 Å². The van der Waals surface area contributed by atoms with Crippen LogP contribution in [0.15, 0.2) is 24.3 Å². The van der Waals surface area contributed by atoms with Gasteiger partial charge >= 0.3 is 0 Å². The van der Waals surface area contributed by atoms with Crippen LogP contribution in [0.2, 0.25) is 0 Å². The topological polar surface area (TPSA) is 66.4 Å². The zero-order valence-corrected chi connectivity index (χ0v) is 13.9. The number of rotatable bonds is 5. The van der Waals surface area contributed by atoms with Crippen molar-refractivity contribution < 1.29 is 28.8 Å². The van der Waals surface area contributed by atoms with Gasteiger partial charge in [0.25, 0.3) is 0 Å². The summed E-state index contributed by atoms with van der Waals surface area (Å²) in [5.41, 5.74) is 0.931. The summed E-state index contributed by atoms with van der Waals surface area (Å²) in [6, 6.07) is 7.67. The molecule has 5 atom stereocenters.